The van der Waals surface area contributed by atoms with Crippen LogP contribution >= 0.6 is 0 Å². The Labute approximate surface area is 108 Å². The largest absolute Gasteiger partial charge is 0.487 e. The number of rotatable bonds is 6. The van der Waals surface area contributed by atoms with Crippen LogP contribution in [0.25, 0.3) is 0 Å². The minimum Gasteiger partial charge on any atom is -0.487 e. The van der Waals surface area contributed by atoms with Crippen molar-refractivity contribution in [2.45, 2.75) is 45.4 Å². The van der Waals surface area contributed by atoms with Crippen molar-refractivity contribution >= 4 is 5.97 Å². The Morgan fingerprint density at radius 2 is 1.89 bits per heavy atom. The molecule has 0 saturated heterocycles. The summed E-state index contributed by atoms with van der Waals surface area (Å²) in [6.45, 7) is 5.44. The van der Waals surface area contributed by atoms with Crippen molar-refractivity contribution < 1.29 is 14.3 Å². The molecule has 0 saturated carbocycles. The Hall–Kier alpha value is -1.55. The van der Waals surface area contributed by atoms with Gasteiger partial charge in [0.25, 0.3) is 0 Å². The van der Waals surface area contributed by atoms with Crippen LogP contribution in [0.3, 0.4) is 0 Å². The molecule has 0 spiro atoms. The van der Waals surface area contributed by atoms with Crippen LogP contribution < -0.4 is 10.5 Å². The van der Waals surface area contributed by atoms with Gasteiger partial charge in [-0.15, -0.1) is 0 Å². The van der Waals surface area contributed by atoms with E-state index in [1.54, 1.807) is 6.92 Å². The number of para-hydroxylation sites is 1. The number of benzene rings is 1. The standard InChI is InChI=1S/C14H21NO3/c1-4-13(18-14(16)10(2)15)11(3)17-12-8-6-5-7-9-12/h5-11,13H,4,15H2,1-3H3/t10-,11+,13+/m0/s1. The highest BCUT2D eigenvalue weighted by Gasteiger charge is 2.22. The van der Waals surface area contributed by atoms with Gasteiger partial charge in [0.05, 0.1) is 0 Å². The Bertz CT molecular complexity index is 365. The van der Waals surface area contributed by atoms with Crippen molar-refractivity contribution in [2.75, 3.05) is 0 Å². The molecule has 0 fully saturated rings. The number of hydrogen-bond donors (Lipinski definition) is 1. The van der Waals surface area contributed by atoms with Gasteiger partial charge in [-0.25, -0.2) is 0 Å². The van der Waals surface area contributed by atoms with Gasteiger partial charge >= 0.3 is 5.97 Å². The third-order valence-corrected chi connectivity index (χ3v) is 2.63. The molecule has 0 bridgehead atoms. The molecule has 1 aromatic carbocycles. The lowest BCUT2D eigenvalue weighted by molar-refractivity contribution is -0.154. The predicted molar refractivity (Wildman–Crippen MR) is 70.4 cm³/mol. The fourth-order valence-electron chi connectivity index (χ4n) is 1.56. The molecule has 0 aliphatic heterocycles. The molecular formula is C14H21NO3. The Morgan fingerprint density at radius 3 is 2.39 bits per heavy atom. The Kier molecular flexibility index (Phi) is 5.65. The number of ether oxygens (including phenoxy) is 2. The summed E-state index contributed by atoms with van der Waals surface area (Å²) in [7, 11) is 0. The summed E-state index contributed by atoms with van der Waals surface area (Å²) in [5.41, 5.74) is 5.48. The van der Waals surface area contributed by atoms with E-state index in [0.717, 1.165) is 5.75 Å². The maximum atomic E-state index is 11.5. The molecule has 0 radical (unpaired) electrons. The van der Waals surface area contributed by atoms with Gasteiger partial charge in [-0.2, -0.15) is 0 Å². The van der Waals surface area contributed by atoms with Gasteiger partial charge in [-0.05, 0) is 32.4 Å². The van der Waals surface area contributed by atoms with E-state index in [2.05, 4.69) is 0 Å². The number of carbonyl (C=O) groups excluding carboxylic acids is 1. The van der Waals surface area contributed by atoms with Crippen molar-refractivity contribution in [3.05, 3.63) is 30.3 Å². The van der Waals surface area contributed by atoms with Gasteiger partial charge in [-0.1, -0.05) is 25.1 Å². The van der Waals surface area contributed by atoms with E-state index in [1.807, 2.05) is 44.2 Å². The summed E-state index contributed by atoms with van der Waals surface area (Å²) in [6.07, 6.45) is 0.190. The van der Waals surface area contributed by atoms with E-state index in [1.165, 1.54) is 0 Å². The van der Waals surface area contributed by atoms with Gasteiger partial charge in [0.15, 0.2) is 0 Å². The van der Waals surface area contributed by atoms with Crippen LogP contribution in [-0.2, 0) is 9.53 Å². The summed E-state index contributed by atoms with van der Waals surface area (Å²) in [6, 6.07) is 8.86. The SMILES string of the molecule is CC[C@@H](OC(=O)[C@H](C)N)[C@@H](C)Oc1ccccc1. The first-order chi connectivity index (χ1) is 8.54. The summed E-state index contributed by atoms with van der Waals surface area (Å²) < 4.78 is 11.0. The monoisotopic (exact) mass is 251 g/mol. The molecule has 4 nitrogen and oxygen atoms in total. The average molecular weight is 251 g/mol. The van der Waals surface area contributed by atoms with Crippen LogP contribution in [0.5, 0.6) is 5.75 Å². The van der Waals surface area contributed by atoms with Crippen molar-refractivity contribution in [1.82, 2.24) is 0 Å². The number of carbonyl (C=O) groups is 1. The molecular weight excluding hydrogens is 230 g/mol. The Balaban J connectivity index is 2.57. The maximum absolute atomic E-state index is 11.5. The fraction of sp³-hybridized carbons (Fsp3) is 0.500. The molecule has 2 N–H and O–H groups in total. The average Bonchev–Trinajstić information content (AvgIpc) is 2.36. The van der Waals surface area contributed by atoms with Gasteiger partial charge in [0, 0.05) is 0 Å². The highest BCUT2D eigenvalue weighted by Crippen LogP contribution is 2.15. The second-order valence-corrected chi connectivity index (χ2v) is 4.31. The molecule has 0 aromatic heterocycles. The molecule has 3 atom stereocenters. The minimum absolute atomic E-state index is 0.208. The van der Waals surface area contributed by atoms with Gasteiger partial charge < -0.3 is 15.2 Å². The van der Waals surface area contributed by atoms with Crippen molar-refractivity contribution in [1.29, 1.82) is 0 Å². The summed E-state index contributed by atoms with van der Waals surface area (Å²) in [4.78, 5) is 11.5. The normalized spacial score (nSPS) is 15.6. The van der Waals surface area contributed by atoms with Crippen LogP contribution in [0.4, 0.5) is 0 Å². The first-order valence-electron chi connectivity index (χ1n) is 6.22. The molecule has 1 rings (SSSR count). The van der Waals surface area contributed by atoms with E-state index in [0.29, 0.717) is 6.42 Å². The van der Waals surface area contributed by atoms with Crippen molar-refractivity contribution in [3.63, 3.8) is 0 Å². The Morgan fingerprint density at radius 1 is 1.28 bits per heavy atom. The molecule has 0 aliphatic rings. The van der Waals surface area contributed by atoms with Crippen molar-refractivity contribution in [2.24, 2.45) is 5.73 Å². The number of hydrogen-bond acceptors (Lipinski definition) is 4. The maximum Gasteiger partial charge on any atom is 0.323 e. The molecule has 0 unspecified atom stereocenters. The second kappa shape index (κ2) is 7.01. The first kappa shape index (κ1) is 14.5. The predicted octanol–water partition coefficient (Wildman–Crippen LogP) is 2.12. The lowest BCUT2D eigenvalue weighted by Gasteiger charge is -2.24. The van der Waals surface area contributed by atoms with Gasteiger partial charge in [0.2, 0.25) is 0 Å². The van der Waals surface area contributed by atoms with Crippen LogP contribution in [0.1, 0.15) is 27.2 Å². The molecule has 4 heteroatoms. The number of esters is 1. The summed E-state index contributed by atoms with van der Waals surface area (Å²) >= 11 is 0. The van der Waals surface area contributed by atoms with Crippen LogP contribution in [-0.4, -0.2) is 24.2 Å². The molecule has 0 amide bonds. The smallest absolute Gasteiger partial charge is 0.323 e. The van der Waals surface area contributed by atoms with Crippen LogP contribution in [0.2, 0.25) is 0 Å². The van der Waals surface area contributed by atoms with E-state index >= 15 is 0 Å². The zero-order chi connectivity index (χ0) is 13.5. The fourth-order valence-corrected chi connectivity index (χ4v) is 1.56. The third kappa shape index (κ3) is 4.37. The highest BCUT2D eigenvalue weighted by molar-refractivity contribution is 5.75. The van der Waals surface area contributed by atoms with Gasteiger partial charge in [0.1, 0.15) is 24.0 Å². The van der Waals surface area contributed by atoms with E-state index in [4.69, 9.17) is 15.2 Å². The van der Waals surface area contributed by atoms with Gasteiger partial charge in [-0.3, -0.25) is 4.79 Å². The topological polar surface area (TPSA) is 61.5 Å². The lowest BCUT2D eigenvalue weighted by Crippen LogP contribution is -2.38. The molecule has 0 aliphatic carbocycles. The minimum atomic E-state index is -0.608. The quantitative estimate of drug-likeness (QED) is 0.787. The summed E-state index contributed by atoms with van der Waals surface area (Å²) in [5, 5.41) is 0. The first-order valence-corrected chi connectivity index (χ1v) is 6.22. The molecule has 18 heavy (non-hydrogen) atoms. The zero-order valence-corrected chi connectivity index (χ0v) is 11.1. The summed E-state index contributed by atoms with van der Waals surface area (Å²) in [5.74, 6) is 0.366. The molecule has 1 aromatic rings. The van der Waals surface area contributed by atoms with Crippen molar-refractivity contribution in [3.8, 4) is 5.75 Å². The molecule has 100 valence electrons. The van der Waals surface area contributed by atoms with E-state index in [9.17, 15) is 4.79 Å². The van der Waals surface area contributed by atoms with E-state index < -0.39 is 12.0 Å². The van der Waals surface area contributed by atoms with E-state index in [-0.39, 0.29) is 12.2 Å². The highest BCUT2D eigenvalue weighted by atomic mass is 16.6. The van der Waals surface area contributed by atoms with Crippen LogP contribution in [0, 0.1) is 0 Å². The second-order valence-electron chi connectivity index (χ2n) is 4.31. The van der Waals surface area contributed by atoms with Crippen LogP contribution in [0.15, 0.2) is 30.3 Å². The molecule has 0 heterocycles. The zero-order valence-electron chi connectivity index (χ0n) is 11.1. The lowest BCUT2D eigenvalue weighted by atomic mass is 10.1. The third-order valence-electron chi connectivity index (χ3n) is 2.63. The number of nitrogens with two attached hydrogens (primary N) is 1.